The highest BCUT2D eigenvalue weighted by molar-refractivity contribution is 7.92. The van der Waals surface area contributed by atoms with Crippen LogP contribution in [0.25, 0.3) is 0 Å². The second-order valence-corrected chi connectivity index (χ2v) is 7.81. The van der Waals surface area contributed by atoms with Crippen LogP contribution < -0.4 is 14.2 Å². The lowest BCUT2D eigenvalue weighted by atomic mass is 10.1. The molecule has 0 bridgehead atoms. The standard InChI is InChI=1S/C21H21NO4S/c1-15-8-9-17(14-16(15)2)22-27(23,24)19-12-10-18(11-13-19)26-21-7-5-4-6-20(21)25-3/h4-14,22H,1-3H3. The summed E-state index contributed by atoms with van der Waals surface area (Å²) < 4.78 is 38.8. The first-order valence-corrected chi connectivity index (χ1v) is 9.88. The van der Waals surface area contributed by atoms with Gasteiger partial charge < -0.3 is 9.47 Å². The smallest absolute Gasteiger partial charge is 0.261 e. The summed E-state index contributed by atoms with van der Waals surface area (Å²) >= 11 is 0. The Morgan fingerprint density at radius 2 is 1.48 bits per heavy atom. The Balaban J connectivity index is 1.78. The van der Waals surface area contributed by atoms with E-state index < -0.39 is 10.0 Å². The molecule has 3 aromatic carbocycles. The lowest BCUT2D eigenvalue weighted by Gasteiger charge is -2.12. The van der Waals surface area contributed by atoms with Crippen molar-refractivity contribution in [3.63, 3.8) is 0 Å². The van der Waals surface area contributed by atoms with Crippen LogP contribution in [0.15, 0.2) is 71.6 Å². The van der Waals surface area contributed by atoms with E-state index in [1.54, 1.807) is 37.4 Å². The molecule has 0 aliphatic carbocycles. The molecular formula is C21H21NO4S. The van der Waals surface area contributed by atoms with Crippen molar-refractivity contribution in [2.24, 2.45) is 0 Å². The van der Waals surface area contributed by atoms with Crippen LogP contribution in [0.2, 0.25) is 0 Å². The van der Waals surface area contributed by atoms with Gasteiger partial charge in [0.15, 0.2) is 11.5 Å². The van der Waals surface area contributed by atoms with Gasteiger partial charge in [0.05, 0.1) is 12.0 Å². The fraction of sp³-hybridized carbons (Fsp3) is 0.143. The Labute approximate surface area is 159 Å². The highest BCUT2D eigenvalue weighted by Gasteiger charge is 2.15. The molecule has 0 heterocycles. The van der Waals surface area contributed by atoms with E-state index in [1.165, 1.54) is 12.1 Å². The summed E-state index contributed by atoms with van der Waals surface area (Å²) in [5, 5.41) is 0. The molecule has 27 heavy (non-hydrogen) atoms. The van der Waals surface area contributed by atoms with E-state index in [4.69, 9.17) is 9.47 Å². The van der Waals surface area contributed by atoms with Gasteiger partial charge in [0.1, 0.15) is 5.75 Å². The summed E-state index contributed by atoms with van der Waals surface area (Å²) in [5.74, 6) is 1.68. The maximum Gasteiger partial charge on any atom is 0.261 e. The molecule has 0 amide bonds. The largest absolute Gasteiger partial charge is 0.493 e. The molecular weight excluding hydrogens is 362 g/mol. The van der Waals surface area contributed by atoms with E-state index in [0.717, 1.165) is 11.1 Å². The van der Waals surface area contributed by atoms with Crippen molar-refractivity contribution in [3.05, 3.63) is 77.9 Å². The van der Waals surface area contributed by atoms with Crippen LogP contribution in [-0.2, 0) is 10.0 Å². The van der Waals surface area contributed by atoms with Gasteiger partial charge in [-0.05, 0) is 73.5 Å². The third-order valence-electron chi connectivity index (χ3n) is 4.19. The zero-order chi connectivity index (χ0) is 19.4. The zero-order valence-electron chi connectivity index (χ0n) is 15.4. The topological polar surface area (TPSA) is 64.6 Å². The molecule has 1 N–H and O–H groups in total. The van der Waals surface area contributed by atoms with E-state index in [-0.39, 0.29) is 4.90 Å². The third kappa shape index (κ3) is 4.41. The molecule has 0 fully saturated rings. The fourth-order valence-electron chi connectivity index (χ4n) is 2.54. The van der Waals surface area contributed by atoms with E-state index in [1.807, 2.05) is 38.1 Å². The average molecular weight is 383 g/mol. The Morgan fingerprint density at radius 3 is 2.11 bits per heavy atom. The molecule has 0 saturated heterocycles. The minimum Gasteiger partial charge on any atom is -0.493 e. The molecule has 0 aliphatic heterocycles. The monoisotopic (exact) mass is 383 g/mol. The number of sulfonamides is 1. The van der Waals surface area contributed by atoms with Crippen molar-refractivity contribution in [1.82, 2.24) is 0 Å². The number of hydrogen-bond donors (Lipinski definition) is 1. The van der Waals surface area contributed by atoms with Gasteiger partial charge in [0.25, 0.3) is 10.0 Å². The molecule has 0 radical (unpaired) electrons. The summed E-state index contributed by atoms with van der Waals surface area (Å²) in [6.45, 7) is 3.92. The molecule has 5 nitrogen and oxygen atoms in total. The Kier molecular flexibility index (Phi) is 5.37. The number of anilines is 1. The SMILES string of the molecule is COc1ccccc1Oc1ccc(S(=O)(=O)Nc2ccc(C)c(C)c2)cc1. The Hall–Kier alpha value is -2.99. The first-order valence-electron chi connectivity index (χ1n) is 8.40. The van der Waals surface area contributed by atoms with Gasteiger partial charge >= 0.3 is 0 Å². The van der Waals surface area contributed by atoms with Gasteiger partial charge in [-0.25, -0.2) is 8.42 Å². The van der Waals surface area contributed by atoms with E-state index in [2.05, 4.69) is 4.72 Å². The zero-order valence-corrected chi connectivity index (χ0v) is 16.2. The van der Waals surface area contributed by atoms with Crippen LogP contribution in [-0.4, -0.2) is 15.5 Å². The Bertz CT molecular complexity index is 1040. The number of benzene rings is 3. The number of hydrogen-bond acceptors (Lipinski definition) is 4. The van der Waals surface area contributed by atoms with E-state index >= 15 is 0 Å². The van der Waals surface area contributed by atoms with Crippen molar-refractivity contribution in [1.29, 1.82) is 0 Å². The number of rotatable bonds is 6. The maximum atomic E-state index is 12.6. The molecule has 0 aliphatic rings. The average Bonchev–Trinajstić information content (AvgIpc) is 2.65. The second-order valence-electron chi connectivity index (χ2n) is 6.13. The highest BCUT2D eigenvalue weighted by Crippen LogP contribution is 2.31. The van der Waals surface area contributed by atoms with Gasteiger partial charge in [-0.15, -0.1) is 0 Å². The predicted octanol–water partition coefficient (Wildman–Crippen LogP) is 4.91. The lowest BCUT2D eigenvalue weighted by Crippen LogP contribution is -2.13. The van der Waals surface area contributed by atoms with Crippen molar-refractivity contribution in [2.45, 2.75) is 18.7 Å². The number of methoxy groups -OCH3 is 1. The van der Waals surface area contributed by atoms with Crippen molar-refractivity contribution in [3.8, 4) is 17.2 Å². The van der Waals surface area contributed by atoms with Crippen LogP contribution in [0.5, 0.6) is 17.2 Å². The van der Waals surface area contributed by atoms with Crippen molar-refractivity contribution in [2.75, 3.05) is 11.8 Å². The molecule has 6 heteroatoms. The summed E-state index contributed by atoms with van der Waals surface area (Å²) in [4.78, 5) is 0.160. The normalized spacial score (nSPS) is 11.1. The van der Waals surface area contributed by atoms with Gasteiger partial charge in [-0.2, -0.15) is 0 Å². The number of aryl methyl sites for hydroxylation is 2. The third-order valence-corrected chi connectivity index (χ3v) is 5.59. The van der Waals surface area contributed by atoms with Gasteiger partial charge in [0, 0.05) is 5.69 Å². The summed E-state index contributed by atoms with van der Waals surface area (Å²) in [6.07, 6.45) is 0. The summed E-state index contributed by atoms with van der Waals surface area (Å²) in [5.41, 5.74) is 2.67. The Morgan fingerprint density at radius 1 is 0.815 bits per heavy atom. The molecule has 0 atom stereocenters. The van der Waals surface area contributed by atoms with Crippen LogP contribution >= 0.6 is 0 Å². The van der Waals surface area contributed by atoms with Gasteiger partial charge in [-0.1, -0.05) is 18.2 Å². The maximum absolute atomic E-state index is 12.6. The molecule has 3 rings (SSSR count). The van der Waals surface area contributed by atoms with Crippen LogP contribution in [0, 0.1) is 13.8 Å². The molecule has 0 spiro atoms. The van der Waals surface area contributed by atoms with E-state index in [9.17, 15) is 8.42 Å². The lowest BCUT2D eigenvalue weighted by molar-refractivity contribution is 0.379. The fourth-order valence-corrected chi connectivity index (χ4v) is 3.59. The summed E-state index contributed by atoms with van der Waals surface area (Å²) in [7, 11) is -2.11. The molecule has 0 saturated carbocycles. The van der Waals surface area contributed by atoms with Crippen LogP contribution in [0.4, 0.5) is 5.69 Å². The van der Waals surface area contributed by atoms with Gasteiger partial charge in [-0.3, -0.25) is 4.72 Å². The molecule has 3 aromatic rings. The highest BCUT2D eigenvalue weighted by atomic mass is 32.2. The molecule has 140 valence electrons. The van der Waals surface area contributed by atoms with Crippen LogP contribution in [0.3, 0.4) is 0 Å². The molecule has 0 aromatic heterocycles. The number of para-hydroxylation sites is 2. The van der Waals surface area contributed by atoms with Crippen LogP contribution in [0.1, 0.15) is 11.1 Å². The quantitative estimate of drug-likeness (QED) is 0.657. The van der Waals surface area contributed by atoms with Gasteiger partial charge in [0.2, 0.25) is 0 Å². The van der Waals surface area contributed by atoms with E-state index in [0.29, 0.717) is 22.9 Å². The minimum absolute atomic E-state index is 0.160. The predicted molar refractivity (Wildman–Crippen MR) is 106 cm³/mol. The second kappa shape index (κ2) is 7.72. The molecule has 0 unspecified atom stereocenters. The number of ether oxygens (including phenoxy) is 2. The van der Waals surface area contributed by atoms with Crippen molar-refractivity contribution < 1.29 is 17.9 Å². The first-order chi connectivity index (χ1) is 12.9. The van der Waals surface area contributed by atoms with Crippen molar-refractivity contribution >= 4 is 15.7 Å². The number of nitrogens with one attached hydrogen (secondary N) is 1. The summed E-state index contributed by atoms with van der Waals surface area (Å²) in [6, 6.07) is 18.9. The first kappa shape index (κ1) is 18.8. The minimum atomic E-state index is -3.68.